The molecule has 0 atom stereocenters. The third kappa shape index (κ3) is 15.2. The van der Waals surface area contributed by atoms with E-state index in [1.807, 2.05) is 42.5 Å². The van der Waals surface area contributed by atoms with Crippen molar-refractivity contribution in [1.82, 2.24) is 0 Å². The van der Waals surface area contributed by atoms with Crippen molar-refractivity contribution in [2.24, 2.45) is 0 Å². The highest BCUT2D eigenvalue weighted by Crippen LogP contribution is 2.54. The predicted octanol–water partition coefficient (Wildman–Crippen LogP) is 5.38. The van der Waals surface area contributed by atoms with Crippen molar-refractivity contribution >= 4 is 40.2 Å². The number of aliphatic hydroxyl groups excluding tert-OH is 1. The number of nitrogens with zero attached hydrogens (tertiary/aromatic N) is 5. The third-order valence-corrected chi connectivity index (χ3v) is 12.5. The molecule has 6 aromatic rings. The van der Waals surface area contributed by atoms with E-state index in [2.05, 4.69) is 88.6 Å². The molecule has 0 heterocycles. The lowest BCUT2D eigenvalue weighted by Gasteiger charge is -2.25. The minimum Gasteiger partial charge on any atom is -1.00 e. The van der Waals surface area contributed by atoms with Crippen LogP contribution >= 0.6 is 7.26 Å². The van der Waals surface area contributed by atoms with Crippen molar-refractivity contribution in [2.45, 2.75) is 19.4 Å². The SMILES string of the molecule is N#CC[P+](c1ccccc1)(c1ccccc1)c1ccccc1.O=[N+]([O-])c1ccc(CO)cc1.[C-]#[N+]CCc1ccc(N)cc1.[C-]#[N+]CCc1ccc([N+](=O)[O-])cc1.[I-]. The molecular formula is C45H42IN6O5P. The molecule has 0 bridgehead atoms. The molecule has 0 aliphatic rings. The summed E-state index contributed by atoms with van der Waals surface area (Å²) < 4.78 is 0. The molecule has 6 rings (SSSR count). The van der Waals surface area contributed by atoms with Gasteiger partial charge in [-0.05, 0) is 77.4 Å². The lowest BCUT2D eigenvalue weighted by atomic mass is 10.1. The number of nitrogen functional groups attached to an aromatic ring is 1. The summed E-state index contributed by atoms with van der Waals surface area (Å²) >= 11 is 0. The van der Waals surface area contributed by atoms with Gasteiger partial charge in [-0.15, -0.1) is 0 Å². The molecule has 0 radical (unpaired) electrons. The first-order valence-corrected chi connectivity index (χ1v) is 19.7. The molecule has 0 fully saturated rings. The second-order valence-electron chi connectivity index (χ2n) is 12.1. The number of hydrogen-bond donors (Lipinski definition) is 2. The zero-order valence-corrected chi connectivity index (χ0v) is 34.6. The quantitative estimate of drug-likeness (QED) is 0.0440. The molecule has 0 unspecified atom stereocenters. The fraction of sp³-hybridized carbons (Fsp3) is 0.133. The molecule has 13 heteroatoms. The van der Waals surface area contributed by atoms with Crippen molar-refractivity contribution in [1.29, 1.82) is 5.26 Å². The van der Waals surface area contributed by atoms with Gasteiger partial charge in [-0.2, -0.15) is 5.26 Å². The van der Waals surface area contributed by atoms with Crippen LogP contribution in [0.3, 0.4) is 0 Å². The van der Waals surface area contributed by atoms with Gasteiger partial charge in [-0.25, -0.2) is 13.1 Å². The Labute approximate surface area is 356 Å². The van der Waals surface area contributed by atoms with Crippen LogP contribution in [0.4, 0.5) is 17.1 Å². The molecule has 294 valence electrons. The molecule has 0 saturated heterocycles. The Morgan fingerprint density at radius 3 is 1.21 bits per heavy atom. The molecule has 0 saturated carbocycles. The van der Waals surface area contributed by atoms with E-state index in [0.717, 1.165) is 17.7 Å². The minimum absolute atomic E-state index is 0. The number of nitrogens with two attached hydrogens (primary N) is 1. The largest absolute Gasteiger partial charge is 1.00 e. The summed E-state index contributed by atoms with van der Waals surface area (Å²) in [6.45, 7) is 14.1. The molecule has 6 aromatic carbocycles. The van der Waals surface area contributed by atoms with Crippen LogP contribution in [0.1, 0.15) is 16.7 Å². The van der Waals surface area contributed by atoms with E-state index in [0.29, 0.717) is 31.2 Å². The lowest BCUT2D eigenvalue weighted by Crippen LogP contribution is -3.00. The number of non-ortho nitro benzene ring substituents is 2. The van der Waals surface area contributed by atoms with Crippen LogP contribution < -0.4 is 45.6 Å². The van der Waals surface area contributed by atoms with Crippen molar-refractivity contribution < 1.29 is 38.9 Å². The fourth-order valence-electron chi connectivity index (χ4n) is 5.44. The van der Waals surface area contributed by atoms with E-state index >= 15 is 0 Å². The van der Waals surface area contributed by atoms with Crippen molar-refractivity contribution in [2.75, 3.05) is 25.0 Å². The van der Waals surface area contributed by atoms with Gasteiger partial charge in [-0.1, -0.05) is 78.9 Å². The second-order valence-corrected chi connectivity index (χ2v) is 15.6. The lowest BCUT2D eigenvalue weighted by molar-refractivity contribution is -0.385. The van der Waals surface area contributed by atoms with Gasteiger partial charge in [0.15, 0.2) is 6.16 Å². The zero-order valence-electron chi connectivity index (χ0n) is 31.5. The van der Waals surface area contributed by atoms with E-state index < -0.39 is 17.1 Å². The smallest absolute Gasteiger partial charge is 0.269 e. The van der Waals surface area contributed by atoms with Crippen LogP contribution in [0.25, 0.3) is 9.69 Å². The van der Waals surface area contributed by atoms with Gasteiger partial charge in [0.05, 0.1) is 16.5 Å². The Bertz CT molecular complexity index is 2150. The minimum atomic E-state index is -1.91. The summed E-state index contributed by atoms with van der Waals surface area (Å²) in [6.07, 6.45) is 2.00. The average molecular weight is 905 g/mol. The van der Waals surface area contributed by atoms with Crippen LogP contribution in [0, 0.1) is 44.7 Å². The Morgan fingerprint density at radius 2 is 0.914 bits per heavy atom. The average Bonchev–Trinajstić information content (AvgIpc) is 3.26. The molecule has 0 amide bonds. The van der Waals surface area contributed by atoms with Gasteiger partial charge in [0.2, 0.25) is 13.1 Å². The Morgan fingerprint density at radius 1 is 0.586 bits per heavy atom. The van der Waals surface area contributed by atoms with Gasteiger partial charge >= 0.3 is 0 Å². The maximum Gasteiger partial charge on any atom is 0.269 e. The maximum atomic E-state index is 10.3. The van der Waals surface area contributed by atoms with Crippen LogP contribution in [0.2, 0.25) is 0 Å². The van der Waals surface area contributed by atoms with Gasteiger partial charge < -0.3 is 44.5 Å². The Kier molecular flexibility index (Phi) is 21.7. The molecule has 58 heavy (non-hydrogen) atoms. The summed E-state index contributed by atoms with van der Waals surface area (Å²) in [7, 11) is -1.91. The summed E-state index contributed by atoms with van der Waals surface area (Å²) in [4.78, 5) is 26.0. The Balaban J connectivity index is 0.000000280. The third-order valence-electron chi connectivity index (χ3n) is 8.38. The number of nitro groups is 2. The van der Waals surface area contributed by atoms with Crippen LogP contribution in [0.5, 0.6) is 0 Å². The van der Waals surface area contributed by atoms with Crippen molar-refractivity contribution in [3.63, 3.8) is 0 Å². The first-order valence-electron chi connectivity index (χ1n) is 17.7. The molecule has 0 aliphatic carbocycles. The standard InChI is InChI=1S/C20H17NP.C9H8N2O2.C9H10N2.C7H7NO3.HI/c21-16-17-22(18-10-4-1-5-11-18,19-12-6-2-7-13-19)20-14-8-3-9-15-20;1-10-7-6-8-2-4-9(5-3-8)11(12)13;1-11-7-6-8-2-4-9(10)5-3-8;9-5-6-1-3-7(4-2-6)8(10)11;/h1-15H,17H2;2-5H,6-7H2;2-5H,6-7,10H2;1-4,9H,5H2;1H/q+1;;;;/p-1. The highest BCUT2D eigenvalue weighted by molar-refractivity contribution is 7.95. The number of anilines is 1. The molecular weight excluding hydrogens is 862 g/mol. The summed E-state index contributed by atoms with van der Waals surface area (Å²) in [6, 6.07) is 53.6. The van der Waals surface area contributed by atoms with Gasteiger partial charge in [0.1, 0.15) is 29.2 Å². The zero-order chi connectivity index (χ0) is 41.3. The number of hydrogen-bond acceptors (Lipinski definition) is 7. The number of aliphatic hydroxyl groups is 1. The van der Waals surface area contributed by atoms with Crippen LogP contribution in [-0.4, -0.2) is 34.2 Å². The highest BCUT2D eigenvalue weighted by atomic mass is 127. The number of nitro benzene ring substituents is 2. The number of nitriles is 1. The number of rotatable bonds is 11. The van der Waals surface area contributed by atoms with Gasteiger partial charge in [-0.3, -0.25) is 20.2 Å². The molecule has 0 aromatic heterocycles. The van der Waals surface area contributed by atoms with Crippen molar-refractivity contribution in [3.05, 3.63) is 224 Å². The fourth-order valence-corrected chi connectivity index (χ4v) is 9.13. The highest BCUT2D eigenvalue weighted by Gasteiger charge is 2.45. The first kappa shape index (κ1) is 47.7. The molecule has 0 spiro atoms. The monoisotopic (exact) mass is 904 g/mol. The number of benzene rings is 6. The predicted molar refractivity (Wildman–Crippen MR) is 229 cm³/mol. The Hall–Kier alpha value is -6.49. The van der Waals surface area contributed by atoms with E-state index in [1.165, 1.54) is 57.9 Å². The normalized spacial score (nSPS) is 9.69. The van der Waals surface area contributed by atoms with E-state index in [9.17, 15) is 25.5 Å². The maximum absolute atomic E-state index is 10.3. The molecule has 11 nitrogen and oxygen atoms in total. The first-order chi connectivity index (χ1) is 27.7. The number of halogens is 1. The second kappa shape index (κ2) is 26.4. The van der Waals surface area contributed by atoms with Gasteiger partial charge in [0, 0.05) is 42.8 Å². The van der Waals surface area contributed by atoms with Gasteiger partial charge in [0.25, 0.3) is 11.4 Å². The van der Waals surface area contributed by atoms with Crippen molar-refractivity contribution in [3.8, 4) is 6.07 Å². The summed E-state index contributed by atoms with van der Waals surface area (Å²) in [5, 5.41) is 42.4. The molecule has 0 aliphatic heterocycles. The van der Waals surface area contributed by atoms with Crippen LogP contribution in [0.15, 0.2) is 164 Å². The van der Waals surface area contributed by atoms with Crippen LogP contribution in [-0.2, 0) is 19.4 Å². The van der Waals surface area contributed by atoms with E-state index in [4.69, 9.17) is 24.0 Å². The molecule has 3 N–H and O–H groups in total. The van der Waals surface area contributed by atoms with E-state index in [-0.39, 0.29) is 42.0 Å². The topological polar surface area (TPSA) is 165 Å². The summed E-state index contributed by atoms with van der Waals surface area (Å²) in [5.74, 6) is 0. The van der Waals surface area contributed by atoms with E-state index in [1.54, 1.807) is 12.1 Å². The summed E-state index contributed by atoms with van der Waals surface area (Å²) in [5.41, 5.74) is 9.21.